The quantitative estimate of drug-likeness (QED) is 0.374. The summed E-state index contributed by atoms with van der Waals surface area (Å²) in [5.74, 6) is 0.620. The summed E-state index contributed by atoms with van der Waals surface area (Å²) in [5, 5.41) is 7.79. The van der Waals surface area contributed by atoms with Gasteiger partial charge in [0.15, 0.2) is 0 Å². The van der Waals surface area contributed by atoms with Crippen LogP contribution in [-0.4, -0.2) is 25.7 Å². The molecule has 0 fully saturated rings. The molecule has 30 heavy (non-hydrogen) atoms. The van der Waals surface area contributed by atoms with E-state index in [1.165, 1.54) is 0 Å². The maximum absolute atomic E-state index is 12.9. The van der Waals surface area contributed by atoms with Crippen molar-refractivity contribution in [1.82, 2.24) is 0 Å². The third-order valence-corrected chi connectivity index (χ3v) is 5.86. The maximum atomic E-state index is 12.9. The number of unbranched alkanes of at least 4 members (excludes halogenated alkanes) is 2. The normalized spacial score (nSPS) is 20.1. The second kappa shape index (κ2) is 10.6. The molecule has 0 saturated carbocycles. The van der Waals surface area contributed by atoms with E-state index in [9.17, 15) is 4.79 Å². The zero-order valence-corrected chi connectivity index (χ0v) is 18.7. The van der Waals surface area contributed by atoms with Crippen LogP contribution in [0.5, 0.6) is 5.75 Å². The average Bonchev–Trinajstić information content (AvgIpc) is 2.76. The van der Waals surface area contributed by atoms with Crippen molar-refractivity contribution in [2.45, 2.75) is 51.6 Å². The minimum absolute atomic E-state index is 0.0332. The second-order valence-electron chi connectivity index (χ2n) is 7.62. The molecule has 2 aromatic rings. The zero-order valence-electron chi connectivity index (χ0n) is 17.9. The molecule has 6 heteroatoms. The lowest BCUT2D eigenvalue weighted by Gasteiger charge is -2.40. The number of hydrogen-bond acceptors (Lipinski definition) is 5. The second-order valence-corrected chi connectivity index (χ2v) is 8.05. The largest absolute Gasteiger partial charge is 0.497 e. The number of benzene rings is 2. The van der Waals surface area contributed by atoms with Gasteiger partial charge in [-0.25, -0.2) is 4.79 Å². The van der Waals surface area contributed by atoms with Crippen molar-refractivity contribution in [2.75, 3.05) is 24.4 Å². The topological polar surface area (TPSA) is 59.6 Å². The number of fused-ring (bicyclic) bond motifs is 1. The summed E-state index contributed by atoms with van der Waals surface area (Å²) in [5.41, 5.74) is 2.97. The van der Waals surface area contributed by atoms with Gasteiger partial charge in [-0.2, -0.15) is 0 Å². The van der Waals surface area contributed by atoms with Gasteiger partial charge in [-0.3, -0.25) is 0 Å². The Kier molecular flexibility index (Phi) is 7.86. The molecular formula is C24H31ClN2O3. The third kappa shape index (κ3) is 5.20. The van der Waals surface area contributed by atoms with E-state index >= 15 is 0 Å². The standard InChI is InChI=1S/C24H31ClN2O3/c1-4-6-7-8-19-22(26-17-11-9-16(25)10-12-17)20-15-18(29-3)13-14-21(20)27-23(19)24(28)30-5-2/h9-15,19,22-23,26-27H,4-8H2,1-3H3/t19?,22?,23-/m0/s1. The van der Waals surface area contributed by atoms with Crippen molar-refractivity contribution in [3.8, 4) is 5.75 Å². The van der Waals surface area contributed by atoms with Gasteiger partial charge in [0.25, 0.3) is 0 Å². The van der Waals surface area contributed by atoms with Crippen molar-refractivity contribution in [3.63, 3.8) is 0 Å². The molecule has 1 aliphatic heterocycles. The van der Waals surface area contributed by atoms with E-state index in [4.69, 9.17) is 21.1 Å². The van der Waals surface area contributed by atoms with Crippen LogP contribution < -0.4 is 15.4 Å². The van der Waals surface area contributed by atoms with Gasteiger partial charge in [-0.1, -0.05) is 37.8 Å². The van der Waals surface area contributed by atoms with Gasteiger partial charge in [-0.15, -0.1) is 0 Å². The van der Waals surface area contributed by atoms with E-state index in [0.29, 0.717) is 11.6 Å². The Bertz CT molecular complexity index is 841. The molecule has 2 aromatic carbocycles. The Hall–Kier alpha value is -2.40. The highest BCUT2D eigenvalue weighted by Crippen LogP contribution is 2.43. The number of esters is 1. The fourth-order valence-electron chi connectivity index (χ4n) is 4.09. The van der Waals surface area contributed by atoms with Gasteiger partial charge in [0.2, 0.25) is 0 Å². The van der Waals surface area contributed by atoms with Crippen LogP contribution in [0.1, 0.15) is 51.1 Å². The van der Waals surface area contributed by atoms with Gasteiger partial charge in [0.1, 0.15) is 11.8 Å². The Balaban J connectivity index is 2.01. The first-order chi connectivity index (χ1) is 14.6. The maximum Gasteiger partial charge on any atom is 0.328 e. The van der Waals surface area contributed by atoms with Gasteiger partial charge in [0.05, 0.1) is 19.8 Å². The number of anilines is 2. The molecule has 0 aromatic heterocycles. The number of carbonyl (C=O) groups is 1. The molecule has 3 rings (SSSR count). The average molecular weight is 431 g/mol. The van der Waals surface area contributed by atoms with E-state index in [1.54, 1.807) is 7.11 Å². The lowest BCUT2D eigenvalue weighted by Crippen LogP contribution is -2.46. The molecule has 2 unspecified atom stereocenters. The summed E-state index contributed by atoms with van der Waals surface area (Å²) in [6, 6.07) is 13.1. The van der Waals surface area contributed by atoms with Crippen LogP contribution in [0, 0.1) is 5.92 Å². The van der Waals surface area contributed by atoms with Crippen LogP contribution >= 0.6 is 11.6 Å². The number of methoxy groups -OCH3 is 1. The van der Waals surface area contributed by atoms with Crippen LogP contribution in [0.4, 0.5) is 11.4 Å². The Labute approximate surface area is 184 Å². The van der Waals surface area contributed by atoms with Gasteiger partial charge in [0, 0.05) is 27.9 Å². The van der Waals surface area contributed by atoms with Crippen molar-refractivity contribution < 1.29 is 14.3 Å². The van der Waals surface area contributed by atoms with E-state index in [2.05, 4.69) is 17.6 Å². The van der Waals surface area contributed by atoms with Crippen LogP contribution in [0.2, 0.25) is 5.02 Å². The molecule has 0 amide bonds. The summed E-state index contributed by atoms with van der Waals surface area (Å²) in [7, 11) is 1.67. The number of rotatable bonds is 9. The smallest absolute Gasteiger partial charge is 0.328 e. The van der Waals surface area contributed by atoms with Crippen LogP contribution in [-0.2, 0) is 9.53 Å². The van der Waals surface area contributed by atoms with Crippen molar-refractivity contribution >= 4 is 28.9 Å². The minimum Gasteiger partial charge on any atom is -0.497 e. The summed E-state index contributed by atoms with van der Waals surface area (Å²) < 4.78 is 10.9. The monoisotopic (exact) mass is 430 g/mol. The van der Waals surface area contributed by atoms with E-state index in [-0.39, 0.29) is 17.9 Å². The first-order valence-corrected chi connectivity index (χ1v) is 11.1. The highest BCUT2D eigenvalue weighted by Gasteiger charge is 2.41. The van der Waals surface area contributed by atoms with Gasteiger partial charge >= 0.3 is 5.97 Å². The first-order valence-electron chi connectivity index (χ1n) is 10.7. The zero-order chi connectivity index (χ0) is 21.5. The van der Waals surface area contributed by atoms with E-state index < -0.39 is 6.04 Å². The molecule has 0 radical (unpaired) electrons. The predicted molar refractivity (Wildman–Crippen MR) is 122 cm³/mol. The number of nitrogens with one attached hydrogen (secondary N) is 2. The highest BCUT2D eigenvalue weighted by atomic mass is 35.5. The van der Waals surface area contributed by atoms with Crippen molar-refractivity contribution in [1.29, 1.82) is 0 Å². The molecule has 2 N–H and O–H groups in total. The van der Waals surface area contributed by atoms with Gasteiger partial charge < -0.3 is 20.1 Å². The number of hydrogen-bond donors (Lipinski definition) is 2. The molecule has 0 aliphatic carbocycles. The Morgan fingerprint density at radius 3 is 2.57 bits per heavy atom. The molecule has 0 bridgehead atoms. The minimum atomic E-state index is -0.410. The van der Waals surface area contributed by atoms with E-state index in [1.807, 2.05) is 49.4 Å². The molecule has 1 heterocycles. The SMILES string of the molecule is CCCCCC1C(Nc2ccc(Cl)cc2)c2cc(OC)ccc2N[C@@H]1C(=O)OCC. The van der Waals surface area contributed by atoms with Crippen LogP contribution in [0.15, 0.2) is 42.5 Å². The molecule has 5 nitrogen and oxygen atoms in total. The molecular weight excluding hydrogens is 400 g/mol. The Morgan fingerprint density at radius 2 is 1.90 bits per heavy atom. The summed E-state index contributed by atoms with van der Waals surface area (Å²) in [6.45, 7) is 4.39. The van der Waals surface area contributed by atoms with Crippen molar-refractivity contribution in [3.05, 3.63) is 53.1 Å². The number of ether oxygens (including phenoxy) is 2. The fraction of sp³-hybridized carbons (Fsp3) is 0.458. The number of carbonyl (C=O) groups excluding carboxylic acids is 1. The third-order valence-electron chi connectivity index (χ3n) is 5.61. The Morgan fingerprint density at radius 1 is 1.13 bits per heavy atom. The molecule has 0 spiro atoms. The number of halogens is 1. The molecule has 162 valence electrons. The van der Waals surface area contributed by atoms with Gasteiger partial charge in [-0.05, 0) is 55.8 Å². The molecule has 1 aliphatic rings. The first kappa shape index (κ1) is 22.3. The molecule has 0 saturated heterocycles. The lowest BCUT2D eigenvalue weighted by atomic mass is 9.79. The lowest BCUT2D eigenvalue weighted by molar-refractivity contribution is -0.145. The highest BCUT2D eigenvalue weighted by molar-refractivity contribution is 6.30. The fourth-order valence-corrected chi connectivity index (χ4v) is 4.22. The summed E-state index contributed by atoms with van der Waals surface area (Å²) >= 11 is 6.07. The predicted octanol–water partition coefficient (Wildman–Crippen LogP) is 6.06. The van der Waals surface area contributed by atoms with Crippen molar-refractivity contribution in [2.24, 2.45) is 5.92 Å². The summed E-state index contributed by atoms with van der Waals surface area (Å²) in [4.78, 5) is 12.9. The van der Waals surface area contributed by atoms with E-state index in [0.717, 1.165) is 48.4 Å². The van der Waals surface area contributed by atoms with Crippen LogP contribution in [0.25, 0.3) is 0 Å². The van der Waals surface area contributed by atoms with Crippen LogP contribution in [0.3, 0.4) is 0 Å². The summed E-state index contributed by atoms with van der Waals surface area (Å²) in [6.07, 6.45) is 4.22. The molecule has 3 atom stereocenters.